The zero-order valence-electron chi connectivity index (χ0n) is 4.12. The molecule has 0 aliphatic heterocycles. The monoisotopic (exact) mass is 72.1 g/mol. The van der Waals surface area contributed by atoms with Gasteiger partial charge in [-0.1, -0.05) is 33.1 Å². The Morgan fingerprint density at radius 2 is 1.00 bits per heavy atom. The fourth-order valence-corrected chi connectivity index (χ4v) is 0. The molecule has 1 rings (SSSR count). The third-order valence-electron chi connectivity index (χ3n) is 0.354. The van der Waals surface area contributed by atoms with Gasteiger partial charge in [-0.3, -0.25) is 0 Å². The van der Waals surface area contributed by atoms with Crippen molar-refractivity contribution in [3.63, 3.8) is 0 Å². The van der Waals surface area contributed by atoms with Gasteiger partial charge in [0, 0.05) is 0 Å². The molecule has 1 fully saturated rings. The second kappa shape index (κ2) is 4.00. The summed E-state index contributed by atoms with van der Waals surface area (Å²) >= 11 is 0. The van der Waals surface area contributed by atoms with Gasteiger partial charge in [0.15, 0.2) is 0 Å². The quantitative estimate of drug-likeness (QED) is 0.411. The lowest BCUT2D eigenvalue weighted by molar-refractivity contribution is 1.50. The van der Waals surface area contributed by atoms with E-state index in [1.54, 1.807) is 0 Å². The molecule has 0 aromatic carbocycles. The molecule has 0 heterocycles. The zero-order valence-corrected chi connectivity index (χ0v) is 4.12. The fourth-order valence-electron chi connectivity index (χ4n) is 0. The van der Waals surface area contributed by atoms with Crippen molar-refractivity contribution in [2.75, 3.05) is 0 Å². The van der Waals surface area contributed by atoms with Crippen molar-refractivity contribution in [1.82, 2.24) is 0 Å². The van der Waals surface area contributed by atoms with Crippen molar-refractivity contribution in [2.45, 2.75) is 33.1 Å². The average Bonchev–Trinajstić information content (AvgIpc) is 2.19. The Hall–Kier alpha value is 0. The summed E-state index contributed by atoms with van der Waals surface area (Å²) < 4.78 is 0. The summed E-state index contributed by atoms with van der Waals surface area (Å²) in [7, 11) is 0. The Morgan fingerprint density at radius 1 is 0.800 bits per heavy atom. The van der Waals surface area contributed by atoms with E-state index in [0.717, 1.165) is 0 Å². The van der Waals surface area contributed by atoms with Crippen LogP contribution in [0, 0.1) is 0 Å². The first-order valence-corrected chi connectivity index (χ1v) is 2.50. The smallest absolute Gasteiger partial charge is 0.0533 e. The Kier molecular flexibility index (Phi) is 4.00. The van der Waals surface area contributed by atoms with Crippen LogP contribution in [0.1, 0.15) is 33.1 Å². The van der Waals surface area contributed by atoms with Crippen LogP contribution in [0.2, 0.25) is 0 Å². The molecular formula is C5H12. The van der Waals surface area contributed by atoms with E-state index in [1.807, 2.05) is 13.8 Å². The third-order valence-corrected chi connectivity index (χ3v) is 0.354. The summed E-state index contributed by atoms with van der Waals surface area (Å²) in [5.41, 5.74) is 0. The molecule has 0 aromatic heterocycles. The van der Waals surface area contributed by atoms with Gasteiger partial charge in [0.05, 0.1) is 0 Å². The van der Waals surface area contributed by atoms with E-state index in [4.69, 9.17) is 0 Å². The summed E-state index contributed by atoms with van der Waals surface area (Å²) in [5, 5.41) is 0. The molecule has 32 valence electrons. The van der Waals surface area contributed by atoms with Crippen molar-refractivity contribution < 1.29 is 0 Å². The second-order valence-electron chi connectivity index (χ2n) is 1.06. The van der Waals surface area contributed by atoms with E-state index in [1.165, 1.54) is 19.3 Å². The van der Waals surface area contributed by atoms with Gasteiger partial charge in [-0.25, -0.2) is 0 Å². The van der Waals surface area contributed by atoms with E-state index < -0.39 is 0 Å². The highest BCUT2D eigenvalue weighted by Crippen LogP contribution is 2.14. The standard InChI is InChI=1S/C3H6.C2H6/c1-2-3-1;1-2/h1-3H2;1-2H3. The lowest BCUT2D eigenvalue weighted by atomic mass is 11.0. The second-order valence-corrected chi connectivity index (χ2v) is 1.06. The largest absolute Gasteiger partial charge is 0.0683 e. The predicted octanol–water partition coefficient (Wildman–Crippen LogP) is 2.20. The zero-order chi connectivity index (χ0) is 4.12. The molecule has 0 N–H and O–H groups in total. The van der Waals surface area contributed by atoms with Crippen LogP contribution < -0.4 is 0 Å². The van der Waals surface area contributed by atoms with Gasteiger partial charge >= 0.3 is 0 Å². The molecule has 0 spiro atoms. The highest BCUT2D eigenvalue weighted by molar-refractivity contribution is 4.50. The third kappa shape index (κ3) is 16.0. The predicted molar refractivity (Wildman–Crippen MR) is 25.2 cm³/mol. The van der Waals surface area contributed by atoms with Gasteiger partial charge in [0.1, 0.15) is 0 Å². The molecule has 0 aromatic rings. The van der Waals surface area contributed by atoms with Crippen LogP contribution >= 0.6 is 0 Å². The summed E-state index contributed by atoms with van der Waals surface area (Å²) in [4.78, 5) is 0. The normalized spacial score (nSPS) is 15.6. The van der Waals surface area contributed by atoms with Gasteiger partial charge in [-0.2, -0.15) is 0 Å². The SMILES string of the molecule is C1CC1.CC. The highest BCUT2D eigenvalue weighted by atomic mass is 14.0. The number of rotatable bonds is 0. The van der Waals surface area contributed by atoms with Crippen LogP contribution in [0.3, 0.4) is 0 Å². The lowest BCUT2D eigenvalue weighted by Gasteiger charge is -1.07. The number of hydrogen-bond donors (Lipinski definition) is 0. The molecule has 1 saturated carbocycles. The van der Waals surface area contributed by atoms with E-state index in [-0.39, 0.29) is 0 Å². The van der Waals surface area contributed by atoms with Crippen molar-refractivity contribution in [2.24, 2.45) is 0 Å². The van der Waals surface area contributed by atoms with Gasteiger partial charge in [0.2, 0.25) is 0 Å². The lowest BCUT2D eigenvalue weighted by Crippen LogP contribution is -0.856. The molecule has 5 heavy (non-hydrogen) atoms. The Bertz CT molecular complexity index is 4.75. The molecule has 1 aliphatic carbocycles. The summed E-state index contributed by atoms with van der Waals surface area (Å²) in [6.07, 6.45) is 4.50. The van der Waals surface area contributed by atoms with Crippen molar-refractivity contribution in [3.05, 3.63) is 0 Å². The van der Waals surface area contributed by atoms with Crippen LogP contribution in [0.15, 0.2) is 0 Å². The van der Waals surface area contributed by atoms with E-state index in [2.05, 4.69) is 0 Å². The molecule has 0 nitrogen and oxygen atoms in total. The van der Waals surface area contributed by atoms with Gasteiger partial charge in [-0.15, -0.1) is 0 Å². The van der Waals surface area contributed by atoms with Crippen LogP contribution in [0.25, 0.3) is 0 Å². The highest BCUT2D eigenvalue weighted by Gasteiger charge is 1.95. The summed E-state index contributed by atoms with van der Waals surface area (Å²) in [6.45, 7) is 4.00. The van der Waals surface area contributed by atoms with Crippen LogP contribution in [0.5, 0.6) is 0 Å². The Morgan fingerprint density at radius 3 is 1.00 bits per heavy atom. The molecule has 0 unspecified atom stereocenters. The molecule has 0 heteroatoms. The molecule has 0 atom stereocenters. The molecule has 1 aliphatic rings. The summed E-state index contributed by atoms with van der Waals surface area (Å²) in [6, 6.07) is 0. The Balaban J connectivity index is 0.0000000733. The molecular weight excluding hydrogens is 60.1 g/mol. The first-order valence-electron chi connectivity index (χ1n) is 2.50. The van der Waals surface area contributed by atoms with E-state index >= 15 is 0 Å². The van der Waals surface area contributed by atoms with Gasteiger partial charge in [-0.05, 0) is 0 Å². The van der Waals surface area contributed by atoms with Crippen molar-refractivity contribution >= 4 is 0 Å². The maximum Gasteiger partial charge on any atom is -0.0533 e. The van der Waals surface area contributed by atoms with Crippen LogP contribution in [-0.2, 0) is 0 Å². The summed E-state index contributed by atoms with van der Waals surface area (Å²) in [5.74, 6) is 0. The van der Waals surface area contributed by atoms with Gasteiger partial charge in [0.25, 0.3) is 0 Å². The Labute approximate surface area is 34.2 Å². The topological polar surface area (TPSA) is 0 Å². The van der Waals surface area contributed by atoms with Crippen LogP contribution in [-0.4, -0.2) is 0 Å². The fraction of sp³-hybridized carbons (Fsp3) is 1.00. The first kappa shape index (κ1) is 5.00. The van der Waals surface area contributed by atoms with Crippen molar-refractivity contribution in [1.29, 1.82) is 0 Å². The molecule has 0 amide bonds. The minimum absolute atomic E-state index is 1.50. The van der Waals surface area contributed by atoms with E-state index in [0.29, 0.717) is 0 Å². The molecule has 0 radical (unpaired) electrons. The minimum atomic E-state index is 1.50. The molecule has 0 bridgehead atoms. The molecule has 0 saturated heterocycles. The minimum Gasteiger partial charge on any atom is -0.0683 e. The number of hydrogen-bond acceptors (Lipinski definition) is 0. The average molecular weight is 72.2 g/mol. The van der Waals surface area contributed by atoms with Gasteiger partial charge < -0.3 is 0 Å². The van der Waals surface area contributed by atoms with Crippen LogP contribution in [0.4, 0.5) is 0 Å². The first-order chi connectivity index (χ1) is 2.50. The maximum absolute atomic E-state index is 2.00. The van der Waals surface area contributed by atoms with E-state index in [9.17, 15) is 0 Å². The maximum atomic E-state index is 2.00. The van der Waals surface area contributed by atoms with Crippen molar-refractivity contribution in [3.8, 4) is 0 Å².